The number of nitrogens with zero attached hydrogens (tertiary/aromatic N) is 2. The van der Waals surface area contributed by atoms with Crippen molar-refractivity contribution in [3.63, 3.8) is 0 Å². The lowest BCUT2D eigenvalue weighted by molar-refractivity contribution is -0.141. The number of carbonyl (C=O) groups is 2. The van der Waals surface area contributed by atoms with Crippen LogP contribution in [0.1, 0.15) is 40.6 Å². The van der Waals surface area contributed by atoms with Crippen LogP contribution in [0.4, 0.5) is 0 Å². The van der Waals surface area contributed by atoms with E-state index in [1.165, 1.54) is 0 Å². The fraction of sp³-hybridized carbons (Fsp3) is 0.389. The first kappa shape index (κ1) is 16.6. The summed E-state index contributed by atoms with van der Waals surface area (Å²) >= 11 is 1.62. The molecule has 0 bridgehead atoms. The minimum atomic E-state index is -0.877. The molecular formula is C18H20N2O3S. The van der Waals surface area contributed by atoms with E-state index in [1.54, 1.807) is 16.2 Å². The molecule has 0 radical (unpaired) electrons. The summed E-state index contributed by atoms with van der Waals surface area (Å²) in [5.41, 5.74) is 2.78. The average Bonchev–Trinajstić information content (AvgIpc) is 2.98. The van der Waals surface area contributed by atoms with E-state index in [4.69, 9.17) is 0 Å². The van der Waals surface area contributed by atoms with Crippen molar-refractivity contribution in [1.82, 2.24) is 9.88 Å². The number of hydrogen-bond donors (Lipinski definition) is 1. The van der Waals surface area contributed by atoms with Crippen LogP contribution in [-0.2, 0) is 22.6 Å². The highest BCUT2D eigenvalue weighted by Gasteiger charge is 2.31. The Morgan fingerprint density at radius 2 is 2.17 bits per heavy atom. The fourth-order valence-corrected chi connectivity index (χ4v) is 3.76. The van der Waals surface area contributed by atoms with Gasteiger partial charge in [-0.05, 0) is 30.9 Å². The van der Waals surface area contributed by atoms with Crippen molar-refractivity contribution in [3.8, 4) is 0 Å². The van der Waals surface area contributed by atoms with E-state index < -0.39 is 11.9 Å². The SMILES string of the molecule is Cc1nc(CCCC(=O)N2Cc3ccccc3C(C(=O)O)C2)cs1. The number of fused-ring (bicyclic) bond motifs is 1. The molecule has 3 rings (SSSR count). The maximum atomic E-state index is 12.5. The largest absolute Gasteiger partial charge is 0.481 e. The van der Waals surface area contributed by atoms with Crippen LogP contribution in [0.3, 0.4) is 0 Å². The van der Waals surface area contributed by atoms with E-state index in [1.807, 2.05) is 36.6 Å². The zero-order chi connectivity index (χ0) is 17.1. The van der Waals surface area contributed by atoms with Crippen molar-refractivity contribution in [2.45, 2.75) is 38.6 Å². The number of aryl methyl sites for hydroxylation is 2. The molecule has 1 N–H and O–H groups in total. The molecule has 1 amide bonds. The molecule has 2 heterocycles. The quantitative estimate of drug-likeness (QED) is 0.905. The Bertz CT molecular complexity index is 756. The number of aliphatic carboxylic acids is 1. The van der Waals surface area contributed by atoms with Gasteiger partial charge in [0.05, 0.1) is 16.6 Å². The van der Waals surface area contributed by atoms with Gasteiger partial charge in [0, 0.05) is 24.9 Å². The van der Waals surface area contributed by atoms with Crippen LogP contribution in [0.5, 0.6) is 0 Å². The topological polar surface area (TPSA) is 70.5 Å². The predicted molar refractivity (Wildman–Crippen MR) is 92.0 cm³/mol. The van der Waals surface area contributed by atoms with Gasteiger partial charge < -0.3 is 10.0 Å². The molecule has 0 spiro atoms. The van der Waals surface area contributed by atoms with E-state index >= 15 is 0 Å². The summed E-state index contributed by atoms with van der Waals surface area (Å²) in [6.45, 7) is 2.71. The van der Waals surface area contributed by atoms with Crippen molar-refractivity contribution in [3.05, 3.63) is 51.5 Å². The zero-order valence-corrected chi connectivity index (χ0v) is 14.4. The summed E-state index contributed by atoms with van der Waals surface area (Å²) in [4.78, 5) is 30.1. The van der Waals surface area contributed by atoms with Gasteiger partial charge in [0.25, 0.3) is 0 Å². The maximum absolute atomic E-state index is 12.5. The number of carbonyl (C=O) groups excluding carboxylic acids is 1. The van der Waals surface area contributed by atoms with Crippen LogP contribution in [0.2, 0.25) is 0 Å². The standard InChI is InChI=1S/C18H20N2O3S/c1-12-19-14(11-24-12)6-4-8-17(21)20-9-13-5-2-3-7-15(13)16(10-20)18(22)23/h2-3,5,7,11,16H,4,6,8-10H2,1H3,(H,22,23). The van der Waals surface area contributed by atoms with E-state index in [-0.39, 0.29) is 12.5 Å². The normalized spacial score (nSPS) is 16.7. The lowest BCUT2D eigenvalue weighted by Gasteiger charge is -2.33. The van der Waals surface area contributed by atoms with Crippen molar-refractivity contribution in [1.29, 1.82) is 0 Å². The second-order valence-corrected chi connectivity index (χ2v) is 7.14. The molecule has 1 aliphatic rings. The number of amides is 1. The molecule has 1 aliphatic heterocycles. The lowest BCUT2D eigenvalue weighted by atomic mass is 9.89. The predicted octanol–water partition coefficient (Wildman–Crippen LogP) is 2.98. The summed E-state index contributed by atoms with van der Waals surface area (Å²) in [5.74, 6) is -1.50. The highest BCUT2D eigenvalue weighted by atomic mass is 32.1. The van der Waals surface area contributed by atoms with Gasteiger partial charge in [0.1, 0.15) is 0 Å². The highest BCUT2D eigenvalue weighted by molar-refractivity contribution is 7.09. The number of hydrogen-bond acceptors (Lipinski definition) is 4. The molecule has 24 heavy (non-hydrogen) atoms. The molecule has 0 saturated carbocycles. The number of carboxylic acids is 1. The summed E-state index contributed by atoms with van der Waals surface area (Å²) in [7, 11) is 0. The highest BCUT2D eigenvalue weighted by Crippen LogP contribution is 2.29. The van der Waals surface area contributed by atoms with E-state index in [0.29, 0.717) is 13.0 Å². The smallest absolute Gasteiger partial charge is 0.312 e. The zero-order valence-electron chi connectivity index (χ0n) is 13.6. The van der Waals surface area contributed by atoms with Gasteiger partial charge in [-0.1, -0.05) is 24.3 Å². The van der Waals surface area contributed by atoms with Crippen molar-refractivity contribution < 1.29 is 14.7 Å². The van der Waals surface area contributed by atoms with Crippen LogP contribution in [-0.4, -0.2) is 33.4 Å². The molecule has 126 valence electrons. The Labute approximate surface area is 145 Å². The molecule has 0 saturated heterocycles. The molecule has 0 aliphatic carbocycles. The third kappa shape index (κ3) is 3.64. The van der Waals surface area contributed by atoms with Gasteiger partial charge in [-0.25, -0.2) is 4.98 Å². The molecule has 1 aromatic carbocycles. The van der Waals surface area contributed by atoms with Crippen LogP contribution in [0.15, 0.2) is 29.6 Å². The van der Waals surface area contributed by atoms with Gasteiger partial charge in [-0.3, -0.25) is 9.59 Å². The molecule has 1 aromatic heterocycles. The molecule has 0 fully saturated rings. The Morgan fingerprint density at radius 1 is 1.38 bits per heavy atom. The Hall–Kier alpha value is -2.21. The Morgan fingerprint density at radius 3 is 2.88 bits per heavy atom. The second-order valence-electron chi connectivity index (χ2n) is 6.08. The van der Waals surface area contributed by atoms with Crippen molar-refractivity contribution in [2.75, 3.05) is 6.54 Å². The van der Waals surface area contributed by atoms with Crippen LogP contribution in [0.25, 0.3) is 0 Å². The van der Waals surface area contributed by atoms with Crippen LogP contribution >= 0.6 is 11.3 Å². The number of rotatable bonds is 5. The number of carboxylic acid groups (broad SMARTS) is 1. The van der Waals surface area contributed by atoms with E-state index in [0.717, 1.165) is 34.7 Å². The fourth-order valence-electron chi connectivity index (χ4n) is 3.11. The molecule has 2 aromatic rings. The first-order valence-corrected chi connectivity index (χ1v) is 8.92. The average molecular weight is 344 g/mol. The maximum Gasteiger partial charge on any atom is 0.312 e. The minimum absolute atomic E-state index is 0.0164. The van der Waals surface area contributed by atoms with Gasteiger partial charge in [-0.2, -0.15) is 0 Å². The summed E-state index contributed by atoms with van der Waals surface area (Å²) in [5, 5.41) is 12.5. The number of aromatic nitrogens is 1. The second kappa shape index (κ2) is 7.13. The molecule has 1 unspecified atom stereocenters. The molecule has 6 heteroatoms. The lowest BCUT2D eigenvalue weighted by Crippen LogP contribution is -2.40. The van der Waals surface area contributed by atoms with E-state index in [9.17, 15) is 14.7 Å². The Balaban J connectivity index is 1.62. The summed E-state index contributed by atoms with van der Waals surface area (Å²) < 4.78 is 0. The van der Waals surface area contributed by atoms with Crippen LogP contribution in [0, 0.1) is 6.92 Å². The van der Waals surface area contributed by atoms with Crippen molar-refractivity contribution in [2.24, 2.45) is 0 Å². The van der Waals surface area contributed by atoms with Crippen LogP contribution < -0.4 is 0 Å². The monoisotopic (exact) mass is 344 g/mol. The van der Waals surface area contributed by atoms with Crippen molar-refractivity contribution >= 4 is 23.2 Å². The first-order valence-electron chi connectivity index (χ1n) is 8.04. The molecular weight excluding hydrogens is 324 g/mol. The molecule has 1 atom stereocenters. The third-order valence-electron chi connectivity index (χ3n) is 4.34. The van der Waals surface area contributed by atoms with Gasteiger partial charge in [-0.15, -0.1) is 11.3 Å². The molecule has 5 nitrogen and oxygen atoms in total. The first-order chi connectivity index (χ1) is 11.5. The third-order valence-corrected chi connectivity index (χ3v) is 5.16. The summed E-state index contributed by atoms with van der Waals surface area (Å²) in [6.07, 6.45) is 1.94. The number of benzene rings is 1. The van der Waals surface area contributed by atoms with Gasteiger partial charge >= 0.3 is 5.97 Å². The van der Waals surface area contributed by atoms with Gasteiger partial charge in [0.15, 0.2) is 0 Å². The minimum Gasteiger partial charge on any atom is -0.481 e. The number of thiazole rings is 1. The summed E-state index contributed by atoms with van der Waals surface area (Å²) in [6, 6.07) is 7.49. The van der Waals surface area contributed by atoms with Gasteiger partial charge in [0.2, 0.25) is 5.91 Å². The Kier molecular flexibility index (Phi) is 4.94. The van der Waals surface area contributed by atoms with E-state index in [2.05, 4.69) is 4.98 Å².